The van der Waals surface area contributed by atoms with Crippen LogP contribution in [0.3, 0.4) is 0 Å². The summed E-state index contributed by atoms with van der Waals surface area (Å²) < 4.78 is 19.4. The monoisotopic (exact) mass is 794 g/mol. The van der Waals surface area contributed by atoms with Gasteiger partial charge in [0, 0.05) is 26.3 Å². The van der Waals surface area contributed by atoms with Gasteiger partial charge in [-0.25, -0.2) is 0 Å². The highest BCUT2D eigenvalue weighted by molar-refractivity contribution is 6.64. The van der Waals surface area contributed by atoms with E-state index in [9.17, 15) is 10.2 Å². The summed E-state index contributed by atoms with van der Waals surface area (Å²) in [6.07, 6.45) is 51.5. The second kappa shape index (κ2) is 44.3. The van der Waals surface area contributed by atoms with E-state index in [1.54, 1.807) is 0 Å². The summed E-state index contributed by atoms with van der Waals surface area (Å²) in [5, 5.41) is 18.4. The van der Waals surface area contributed by atoms with E-state index in [-0.39, 0.29) is 19.5 Å². The molecule has 55 heavy (non-hydrogen) atoms. The van der Waals surface area contributed by atoms with Crippen LogP contribution < -0.4 is 0 Å². The number of ether oxygens (including phenoxy) is 1. The van der Waals surface area contributed by atoms with Crippen LogP contribution in [0.15, 0.2) is 36.5 Å². The molecule has 0 aliphatic heterocycles. The van der Waals surface area contributed by atoms with Crippen molar-refractivity contribution in [1.29, 1.82) is 0 Å². The molecule has 0 heterocycles. The lowest BCUT2D eigenvalue weighted by Crippen LogP contribution is -2.40. The molecule has 0 saturated heterocycles. The topological polar surface area (TPSA) is 71.4 Å². The van der Waals surface area contributed by atoms with Crippen molar-refractivity contribution in [1.82, 2.24) is 4.90 Å². The quantitative estimate of drug-likeness (QED) is 0.0277. The van der Waals surface area contributed by atoms with Gasteiger partial charge < -0.3 is 23.8 Å². The van der Waals surface area contributed by atoms with E-state index in [0.29, 0.717) is 13.1 Å². The van der Waals surface area contributed by atoms with E-state index in [2.05, 4.69) is 68.3 Å². The number of unbranched alkanes of at least 4 members (excludes halogenated alkanes) is 23. The number of hydrogen-bond acceptors (Lipinski definition) is 6. The Morgan fingerprint density at radius 1 is 0.473 bits per heavy atom. The lowest BCUT2D eigenvalue weighted by molar-refractivity contribution is -0.104. The van der Waals surface area contributed by atoms with Crippen LogP contribution in [0.1, 0.15) is 206 Å². The first-order valence-corrected chi connectivity index (χ1v) is 26.6. The number of hydrogen-bond donors (Lipinski definition) is 2. The molecule has 2 N–H and O–H groups in total. The van der Waals surface area contributed by atoms with Crippen LogP contribution in [0, 0.1) is 0 Å². The Hall–Kier alpha value is -0.803. The van der Waals surface area contributed by atoms with Gasteiger partial charge in [-0.15, -0.1) is 0 Å². The molecule has 0 aliphatic carbocycles. The molecule has 326 valence electrons. The van der Waals surface area contributed by atoms with Gasteiger partial charge in [-0.2, -0.15) is 0 Å². The normalized spacial score (nSPS) is 13.1. The minimum Gasteiger partial charge on any atom is -0.395 e. The molecule has 0 amide bonds. The van der Waals surface area contributed by atoms with Crippen LogP contribution in [0.25, 0.3) is 0 Å². The maximum absolute atomic E-state index is 9.22. The van der Waals surface area contributed by atoms with E-state index in [1.807, 2.05) is 0 Å². The molecule has 0 fully saturated rings. The molecule has 0 radical (unpaired) electrons. The SMILES string of the molecule is CCCCC/C=C\C/C=C\CCCCCCCC(OCCCCCCCC/C=C\CCCCCCCC)O[Si](C)(C)OCCCCCCN(CCO)CCO. The largest absolute Gasteiger partial charge is 0.395 e. The van der Waals surface area contributed by atoms with Crippen molar-refractivity contribution in [2.75, 3.05) is 46.1 Å². The first-order chi connectivity index (χ1) is 27.0. The van der Waals surface area contributed by atoms with E-state index in [1.165, 1.54) is 141 Å². The van der Waals surface area contributed by atoms with E-state index in [4.69, 9.17) is 13.6 Å². The molecule has 0 spiro atoms. The smallest absolute Gasteiger partial charge is 0.333 e. The highest BCUT2D eigenvalue weighted by Crippen LogP contribution is 2.19. The number of aliphatic hydroxyl groups excluding tert-OH is 2. The summed E-state index contributed by atoms with van der Waals surface area (Å²) in [6.45, 7) is 12.9. The van der Waals surface area contributed by atoms with Crippen molar-refractivity contribution in [3.05, 3.63) is 36.5 Å². The summed E-state index contributed by atoms with van der Waals surface area (Å²) in [5.74, 6) is 0. The fraction of sp³-hybridized carbons (Fsp3) is 0.875. The standard InChI is InChI=1S/C48H95NO5Si/c1-5-7-9-11-13-15-17-19-21-23-25-27-29-31-34-38-46-52-48(40-36-32-30-28-26-24-22-20-18-16-14-12-10-8-6-2)54-55(3,4)53-47-39-35-33-37-41-49(42-44-50)43-45-51/h14,16,19-22,48,50-51H,5-13,15,17-18,23-47H2,1-4H3/b16-14-,21-19-,22-20-. The Balaban J connectivity index is 4.37. The van der Waals surface area contributed by atoms with Gasteiger partial charge in [-0.05, 0) is 110 Å². The van der Waals surface area contributed by atoms with Crippen LogP contribution in [-0.4, -0.2) is 76.0 Å². The van der Waals surface area contributed by atoms with Crippen LogP contribution in [0.2, 0.25) is 13.1 Å². The highest BCUT2D eigenvalue weighted by Gasteiger charge is 2.29. The number of nitrogens with zero attached hydrogens (tertiary/aromatic N) is 1. The molecule has 7 heteroatoms. The average Bonchev–Trinajstić information content (AvgIpc) is 3.17. The Kier molecular flexibility index (Phi) is 43.7. The zero-order chi connectivity index (χ0) is 40.2. The third-order valence-electron chi connectivity index (χ3n) is 10.4. The second-order valence-electron chi connectivity index (χ2n) is 16.3. The molecule has 0 aromatic heterocycles. The molecular weight excluding hydrogens is 699 g/mol. The summed E-state index contributed by atoms with van der Waals surface area (Å²) >= 11 is 0. The lowest BCUT2D eigenvalue weighted by atomic mass is 10.1. The number of aliphatic hydroxyl groups is 2. The summed E-state index contributed by atoms with van der Waals surface area (Å²) in [6, 6.07) is 0. The van der Waals surface area contributed by atoms with Gasteiger partial charge >= 0.3 is 8.56 Å². The second-order valence-corrected chi connectivity index (χ2v) is 19.7. The van der Waals surface area contributed by atoms with E-state index in [0.717, 1.165) is 71.1 Å². The predicted molar refractivity (Wildman–Crippen MR) is 242 cm³/mol. The zero-order valence-corrected chi connectivity index (χ0v) is 38.3. The molecule has 1 unspecified atom stereocenters. The molecule has 0 bridgehead atoms. The number of allylic oxidation sites excluding steroid dienone is 6. The maximum Gasteiger partial charge on any atom is 0.333 e. The maximum atomic E-state index is 9.22. The van der Waals surface area contributed by atoms with Crippen LogP contribution in [-0.2, 0) is 13.6 Å². The van der Waals surface area contributed by atoms with Gasteiger partial charge in [0.1, 0.15) is 6.29 Å². The lowest BCUT2D eigenvalue weighted by Gasteiger charge is -2.29. The van der Waals surface area contributed by atoms with Crippen molar-refractivity contribution in [2.45, 2.75) is 226 Å². The highest BCUT2D eigenvalue weighted by atomic mass is 28.4. The summed E-state index contributed by atoms with van der Waals surface area (Å²) in [4.78, 5) is 2.13. The minimum atomic E-state index is -2.30. The predicted octanol–water partition coefficient (Wildman–Crippen LogP) is 13.8. The molecular formula is C48H95NO5Si. The first kappa shape index (κ1) is 54.2. The van der Waals surface area contributed by atoms with Gasteiger partial charge in [0.25, 0.3) is 0 Å². The molecule has 0 aromatic carbocycles. The van der Waals surface area contributed by atoms with Crippen molar-refractivity contribution in [2.24, 2.45) is 0 Å². The van der Waals surface area contributed by atoms with Gasteiger partial charge in [0.15, 0.2) is 0 Å². The van der Waals surface area contributed by atoms with Crippen molar-refractivity contribution in [3.8, 4) is 0 Å². The molecule has 0 rings (SSSR count). The fourth-order valence-electron chi connectivity index (χ4n) is 6.94. The molecule has 0 saturated carbocycles. The average molecular weight is 794 g/mol. The molecule has 0 aliphatic rings. The first-order valence-electron chi connectivity index (χ1n) is 23.8. The zero-order valence-electron chi connectivity index (χ0n) is 37.3. The van der Waals surface area contributed by atoms with Crippen molar-refractivity contribution >= 4 is 8.56 Å². The summed E-state index contributed by atoms with van der Waals surface area (Å²) in [7, 11) is -2.30. The van der Waals surface area contributed by atoms with Gasteiger partial charge in [-0.1, -0.05) is 153 Å². The van der Waals surface area contributed by atoms with Crippen molar-refractivity contribution in [3.63, 3.8) is 0 Å². The third kappa shape index (κ3) is 42.6. The van der Waals surface area contributed by atoms with Crippen molar-refractivity contribution < 1.29 is 23.8 Å². The van der Waals surface area contributed by atoms with Gasteiger partial charge in [0.05, 0.1) is 13.2 Å². The third-order valence-corrected chi connectivity index (χ3v) is 12.1. The Morgan fingerprint density at radius 3 is 1.44 bits per heavy atom. The van der Waals surface area contributed by atoms with Crippen LogP contribution in [0.5, 0.6) is 0 Å². The molecule has 1 atom stereocenters. The Morgan fingerprint density at radius 2 is 0.891 bits per heavy atom. The minimum absolute atomic E-state index is 0.144. The Bertz CT molecular complexity index is 829. The van der Waals surface area contributed by atoms with Gasteiger partial charge in [0.2, 0.25) is 0 Å². The van der Waals surface area contributed by atoms with E-state index >= 15 is 0 Å². The van der Waals surface area contributed by atoms with Crippen LogP contribution >= 0.6 is 0 Å². The van der Waals surface area contributed by atoms with Gasteiger partial charge in [-0.3, -0.25) is 4.90 Å². The Labute approximate surface area is 344 Å². The fourth-order valence-corrected chi connectivity index (χ4v) is 8.46. The number of rotatable bonds is 45. The summed E-state index contributed by atoms with van der Waals surface area (Å²) in [5.41, 5.74) is 0. The molecule has 6 nitrogen and oxygen atoms in total. The molecule has 0 aromatic rings. The van der Waals surface area contributed by atoms with Crippen LogP contribution in [0.4, 0.5) is 0 Å². The van der Waals surface area contributed by atoms with E-state index < -0.39 is 8.56 Å².